The van der Waals surface area contributed by atoms with Gasteiger partial charge in [0.25, 0.3) is 5.69 Å². The highest BCUT2D eigenvalue weighted by molar-refractivity contribution is 5.94. The Bertz CT molecular complexity index is 573. The van der Waals surface area contributed by atoms with E-state index < -0.39 is 16.9 Å². The zero-order chi connectivity index (χ0) is 14.7. The number of nitrogens with zero attached hydrogens (tertiary/aromatic N) is 1. The molecule has 1 aromatic rings. The summed E-state index contributed by atoms with van der Waals surface area (Å²) in [5.41, 5.74) is 5.06. The molecule has 106 valence electrons. The second kappa shape index (κ2) is 5.55. The van der Waals surface area contributed by atoms with Gasteiger partial charge in [-0.2, -0.15) is 0 Å². The SMILES string of the molecule is NC(=O)c1ccc(NC2CCCNC2=O)c([N+](=O)[O-])c1. The second-order valence-corrected chi connectivity index (χ2v) is 4.48. The zero-order valence-corrected chi connectivity index (χ0v) is 10.6. The molecular weight excluding hydrogens is 264 g/mol. The van der Waals surface area contributed by atoms with Crippen molar-refractivity contribution in [2.24, 2.45) is 5.73 Å². The van der Waals surface area contributed by atoms with E-state index in [4.69, 9.17) is 5.73 Å². The fourth-order valence-electron chi connectivity index (χ4n) is 2.06. The van der Waals surface area contributed by atoms with Crippen LogP contribution >= 0.6 is 0 Å². The van der Waals surface area contributed by atoms with Crippen molar-refractivity contribution >= 4 is 23.2 Å². The molecule has 2 rings (SSSR count). The number of primary amides is 1. The Kier molecular flexibility index (Phi) is 3.83. The number of piperidine rings is 1. The molecule has 1 aromatic carbocycles. The van der Waals surface area contributed by atoms with Gasteiger partial charge < -0.3 is 16.4 Å². The molecule has 1 aliphatic heterocycles. The first kappa shape index (κ1) is 13.8. The van der Waals surface area contributed by atoms with Gasteiger partial charge in [-0.1, -0.05) is 0 Å². The Hall–Kier alpha value is -2.64. The largest absolute Gasteiger partial charge is 0.368 e. The zero-order valence-electron chi connectivity index (χ0n) is 10.6. The summed E-state index contributed by atoms with van der Waals surface area (Å²) < 4.78 is 0. The number of hydrogen-bond donors (Lipinski definition) is 3. The first-order valence-electron chi connectivity index (χ1n) is 6.11. The average molecular weight is 278 g/mol. The summed E-state index contributed by atoms with van der Waals surface area (Å²) >= 11 is 0. The average Bonchev–Trinajstić information content (AvgIpc) is 2.41. The van der Waals surface area contributed by atoms with E-state index >= 15 is 0 Å². The van der Waals surface area contributed by atoms with Crippen LogP contribution in [0.25, 0.3) is 0 Å². The normalized spacial score (nSPS) is 18.2. The van der Waals surface area contributed by atoms with Crippen LogP contribution in [0, 0.1) is 10.1 Å². The molecule has 1 aliphatic rings. The molecule has 8 nitrogen and oxygen atoms in total. The molecule has 1 unspecified atom stereocenters. The molecule has 1 heterocycles. The molecule has 20 heavy (non-hydrogen) atoms. The van der Waals surface area contributed by atoms with E-state index in [1.807, 2.05) is 0 Å². The highest BCUT2D eigenvalue weighted by Crippen LogP contribution is 2.27. The molecule has 0 aliphatic carbocycles. The minimum atomic E-state index is -0.741. The lowest BCUT2D eigenvalue weighted by atomic mass is 10.1. The van der Waals surface area contributed by atoms with Crippen molar-refractivity contribution in [3.8, 4) is 0 Å². The summed E-state index contributed by atoms with van der Waals surface area (Å²) in [7, 11) is 0. The maximum absolute atomic E-state index is 11.6. The van der Waals surface area contributed by atoms with Crippen LogP contribution in [0.2, 0.25) is 0 Å². The monoisotopic (exact) mass is 278 g/mol. The molecular formula is C12H14N4O4. The first-order chi connectivity index (χ1) is 9.49. The Morgan fingerprint density at radius 3 is 2.85 bits per heavy atom. The summed E-state index contributed by atoms with van der Waals surface area (Å²) in [4.78, 5) is 33.1. The molecule has 8 heteroatoms. The number of nitro benzene ring substituents is 1. The minimum absolute atomic E-state index is 0.0512. The highest BCUT2D eigenvalue weighted by Gasteiger charge is 2.25. The molecule has 1 saturated heterocycles. The third kappa shape index (κ3) is 2.85. The second-order valence-electron chi connectivity index (χ2n) is 4.48. The van der Waals surface area contributed by atoms with Gasteiger partial charge in [0.1, 0.15) is 11.7 Å². The molecule has 4 N–H and O–H groups in total. The van der Waals surface area contributed by atoms with Gasteiger partial charge in [-0.15, -0.1) is 0 Å². The van der Waals surface area contributed by atoms with E-state index in [-0.39, 0.29) is 22.8 Å². The number of anilines is 1. The van der Waals surface area contributed by atoms with E-state index in [9.17, 15) is 19.7 Å². The van der Waals surface area contributed by atoms with Crippen LogP contribution in [0.15, 0.2) is 18.2 Å². The summed E-state index contributed by atoms with van der Waals surface area (Å²) in [5.74, 6) is -0.931. The fourth-order valence-corrected chi connectivity index (χ4v) is 2.06. The lowest BCUT2D eigenvalue weighted by Gasteiger charge is -2.23. The molecule has 0 spiro atoms. The van der Waals surface area contributed by atoms with Crippen LogP contribution in [0.4, 0.5) is 11.4 Å². The van der Waals surface area contributed by atoms with Crippen molar-refractivity contribution in [3.05, 3.63) is 33.9 Å². The molecule has 0 aromatic heterocycles. The summed E-state index contributed by atoms with van der Waals surface area (Å²) in [5, 5.41) is 16.6. The van der Waals surface area contributed by atoms with Gasteiger partial charge in [0.2, 0.25) is 11.8 Å². The first-order valence-corrected chi connectivity index (χ1v) is 6.11. The van der Waals surface area contributed by atoms with Gasteiger partial charge in [0.15, 0.2) is 0 Å². The molecule has 0 saturated carbocycles. The summed E-state index contributed by atoms with van der Waals surface area (Å²) in [6.45, 7) is 0.611. The third-order valence-corrected chi connectivity index (χ3v) is 3.09. The number of benzene rings is 1. The maximum Gasteiger partial charge on any atom is 0.293 e. The van der Waals surface area contributed by atoms with Crippen LogP contribution in [-0.2, 0) is 4.79 Å². The number of nitrogens with two attached hydrogens (primary N) is 1. The number of rotatable bonds is 4. The van der Waals surface area contributed by atoms with Gasteiger partial charge in [-0.25, -0.2) is 0 Å². The molecule has 1 fully saturated rings. The molecule has 0 radical (unpaired) electrons. The predicted molar refractivity (Wildman–Crippen MR) is 71.3 cm³/mol. The van der Waals surface area contributed by atoms with E-state index in [0.717, 1.165) is 12.5 Å². The smallest absolute Gasteiger partial charge is 0.293 e. The number of hydrogen-bond acceptors (Lipinski definition) is 5. The van der Waals surface area contributed by atoms with E-state index in [1.54, 1.807) is 0 Å². The van der Waals surface area contributed by atoms with Crippen molar-refractivity contribution < 1.29 is 14.5 Å². The van der Waals surface area contributed by atoms with Crippen molar-refractivity contribution in [1.29, 1.82) is 0 Å². The predicted octanol–water partition coefficient (Wildman–Crippen LogP) is 0.384. The van der Waals surface area contributed by atoms with Crippen molar-refractivity contribution in [2.45, 2.75) is 18.9 Å². The van der Waals surface area contributed by atoms with Gasteiger partial charge in [0, 0.05) is 18.2 Å². The molecule has 2 amide bonds. The molecule has 1 atom stereocenters. The van der Waals surface area contributed by atoms with E-state index in [1.165, 1.54) is 12.1 Å². The maximum atomic E-state index is 11.6. The third-order valence-electron chi connectivity index (χ3n) is 3.09. The Labute approximate surface area is 114 Å². The topological polar surface area (TPSA) is 127 Å². The van der Waals surface area contributed by atoms with Crippen molar-refractivity contribution in [3.63, 3.8) is 0 Å². The van der Waals surface area contributed by atoms with Gasteiger partial charge in [-0.3, -0.25) is 19.7 Å². The van der Waals surface area contributed by atoms with Gasteiger partial charge >= 0.3 is 0 Å². The van der Waals surface area contributed by atoms with Crippen LogP contribution in [0.3, 0.4) is 0 Å². The van der Waals surface area contributed by atoms with Gasteiger partial charge in [-0.05, 0) is 25.0 Å². The molecule has 0 bridgehead atoms. The Balaban J connectivity index is 2.28. The quantitative estimate of drug-likeness (QED) is 0.542. The van der Waals surface area contributed by atoms with Crippen LogP contribution in [-0.4, -0.2) is 29.3 Å². The lowest BCUT2D eigenvalue weighted by molar-refractivity contribution is -0.384. The highest BCUT2D eigenvalue weighted by atomic mass is 16.6. The lowest BCUT2D eigenvalue weighted by Crippen LogP contribution is -2.44. The van der Waals surface area contributed by atoms with Crippen LogP contribution in [0.5, 0.6) is 0 Å². The Morgan fingerprint density at radius 2 is 2.25 bits per heavy atom. The van der Waals surface area contributed by atoms with Crippen molar-refractivity contribution in [1.82, 2.24) is 5.32 Å². The van der Waals surface area contributed by atoms with Crippen molar-refractivity contribution in [2.75, 3.05) is 11.9 Å². The van der Waals surface area contributed by atoms with Gasteiger partial charge in [0.05, 0.1) is 4.92 Å². The standard InChI is InChI=1S/C12H14N4O4/c13-11(17)7-3-4-8(10(6-7)16(19)20)15-9-2-1-5-14-12(9)18/h3-4,6,9,15H,1-2,5H2,(H2,13,17)(H,14,18). The number of carbonyl (C=O) groups excluding carboxylic acids is 2. The van der Waals surface area contributed by atoms with Crippen LogP contribution in [0.1, 0.15) is 23.2 Å². The summed E-state index contributed by atoms with van der Waals surface area (Å²) in [6.07, 6.45) is 1.40. The fraction of sp³-hybridized carbons (Fsp3) is 0.333. The number of nitrogens with one attached hydrogen (secondary N) is 2. The van der Waals surface area contributed by atoms with Crippen LogP contribution < -0.4 is 16.4 Å². The summed E-state index contributed by atoms with van der Waals surface area (Å²) in [6, 6.07) is 3.37. The van der Waals surface area contributed by atoms with E-state index in [0.29, 0.717) is 13.0 Å². The number of carbonyl (C=O) groups is 2. The number of amides is 2. The minimum Gasteiger partial charge on any atom is -0.368 e. The van der Waals surface area contributed by atoms with E-state index in [2.05, 4.69) is 10.6 Å². The number of nitro groups is 1. The Morgan fingerprint density at radius 1 is 1.50 bits per heavy atom.